The number of aliphatic hydroxyl groups is 2. The lowest BCUT2D eigenvalue weighted by molar-refractivity contribution is 0.0635. The fourth-order valence-electron chi connectivity index (χ4n) is 3.43. The van der Waals surface area contributed by atoms with Crippen molar-refractivity contribution >= 4 is 0 Å². The Bertz CT molecular complexity index is 640. The van der Waals surface area contributed by atoms with E-state index < -0.39 is 6.10 Å². The van der Waals surface area contributed by atoms with Crippen molar-refractivity contribution in [1.29, 1.82) is 0 Å². The van der Waals surface area contributed by atoms with Gasteiger partial charge in [0.15, 0.2) is 0 Å². The first-order chi connectivity index (χ1) is 10.6. The van der Waals surface area contributed by atoms with E-state index in [2.05, 4.69) is 29.1 Å². The van der Waals surface area contributed by atoms with Crippen LogP contribution in [0.3, 0.4) is 0 Å². The fourth-order valence-corrected chi connectivity index (χ4v) is 3.43. The smallest absolute Gasteiger partial charge is 0.0798 e. The topological polar surface area (TPSA) is 61.5 Å². The maximum absolute atomic E-state index is 10.7. The molecule has 0 aliphatic carbocycles. The van der Waals surface area contributed by atoms with Crippen molar-refractivity contribution < 1.29 is 10.2 Å². The van der Waals surface area contributed by atoms with E-state index >= 15 is 0 Å². The highest BCUT2D eigenvalue weighted by atomic mass is 16.3. The van der Waals surface area contributed by atoms with Crippen LogP contribution >= 0.6 is 0 Å². The van der Waals surface area contributed by atoms with E-state index in [1.807, 2.05) is 31.4 Å². The predicted octanol–water partition coefficient (Wildman–Crippen LogP) is 1.05. The zero-order chi connectivity index (χ0) is 15.7. The summed E-state index contributed by atoms with van der Waals surface area (Å²) in [5.41, 5.74) is 3.30. The minimum absolute atomic E-state index is 0.0297. The van der Waals surface area contributed by atoms with Gasteiger partial charge in [0.05, 0.1) is 24.4 Å². The highest BCUT2D eigenvalue weighted by Crippen LogP contribution is 2.34. The Kier molecular flexibility index (Phi) is 4.29. The van der Waals surface area contributed by atoms with E-state index in [0.29, 0.717) is 6.54 Å². The summed E-state index contributed by atoms with van der Waals surface area (Å²) in [6.45, 7) is 3.40. The van der Waals surface area contributed by atoms with Gasteiger partial charge in [0.25, 0.3) is 0 Å². The summed E-state index contributed by atoms with van der Waals surface area (Å²) in [5, 5.41) is 24.7. The molecular formula is C17H23N3O2. The highest BCUT2D eigenvalue weighted by molar-refractivity contribution is 5.32. The molecule has 118 valence electrons. The van der Waals surface area contributed by atoms with Gasteiger partial charge in [-0.15, -0.1) is 0 Å². The van der Waals surface area contributed by atoms with Gasteiger partial charge in [-0.3, -0.25) is 9.58 Å². The molecule has 2 aromatic rings. The number of nitrogens with zero attached hydrogens (tertiary/aromatic N) is 3. The molecule has 0 radical (unpaired) electrons. The normalized spacial score (nSPS) is 25.7. The van der Waals surface area contributed by atoms with Crippen LogP contribution in [0.5, 0.6) is 0 Å². The first-order valence-electron chi connectivity index (χ1n) is 7.67. The number of benzene rings is 1. The molecule has 1 aromatic heterocycles. The minimum atomic E-state index is -0.560. The summed E-state index contributed by atoms with van der Waals surface area (Å²) in [7, 11) is 1.89. The maximum Gasteiger partial charge on any atom is 0.0798 e. The molecule has 0 unspecified atom stereocenters. The van der Waals surface area contributed by atoms with Crippen molar-refractivity contribution in [3.05, 3.63) is 53.3 Å². The lowest BCUT2D eigenvalue weighted by atomic mass is 9.90. The number of aryl methyl sites for hydroxylation is 2. The summed E-state index contributed by atoms with van der Waals surface area (Å²) in [6.07, 6.45) is 1.35. The van der Waals surface area contributed by atoms with E-state index in [-0.39, 0.29) is 18.6 Å². The van der Waals surface area contributed by atoms with Crippen molar-refractivity contribution in [2.24, 2.45) is 7.05 Å². The first kappa shape index (κ1) is 15.2. The molecule has 2 N–H and O–H groups in total. The molecule has 1 saturated heterocycles. The summed E-state index contributed by atoms with van der Waals surface area (Å²) in [6, 6.07) is 9.88. The number of hydrogen-bond donors (Lipinski definition) is 2. The van der Waals surface area contributed by atoms with Crippen LogP contribution in [0.4, 0.5) is 0 Å². The van der Waals surface area contributed by atoms with E-state index in [4.69, 9.17) is 0 Å². The van der Waals surface area contributed by atoms with Gasteiger partial charge in [0, 0.05) is 32.3 Å². The molecular weight excluding hydrogens is 278 g/mol. The average molecular weight is 301 g/mol. The van der Waals surface area contributed by atoms with Crippen LogP contribution in [0.25, 0.3) is 0 Å². The van der Waals surface area contributed by atoms with Crippen LogP contribution in [0.2, 0.25) is 0 Å². The lowest BCUT2D eigenvalue weighted by Crippen LogP contribution is -2.38. The summed E-state index contributed by atoms with van der Waals surface area (Å²) >= 11 is 0. The summed E-state index contributed by atoms with van der Waals surface area (Å²) < 4.78 is 1.77. The van der Waals surface area contributed by atoms with Crippen LogP contribution in [0.15, 0.2) is 36.5 Å². The molecule has 22 heavy (non-hydrogen) atoms. The third-order valence-electron chi connectivity index (χ3n) is 4.62. The van der Waals surface area contributed by atoms with Crippen LogP contribution in [-0.4, -0.2) is 50.2 Å². The van der Waals surface area contributed by atoms with Gasteiger partial charge in [-0.05, 0) is 24.1 Å². The van der Waals surface area contributed by atoms with Crippen molar-refractivity contribution in [3.63, 3.8) is 0 Å². The summed E-state index contributed by atoms with van der Waals surface area (Å²) in [4.78, 5) is 2.13. The van der Waals surface area contributed by atoms with Crippen LogP contribution < -0.4 is 0 Å². The molecule has 0 bridgehead atoms. The molecule has 0 amide bonds. The highest BCUT2D eigenvalue weighted by Gasteiger charge is 2.41. The van der Waals surface area contributed by atoms with E-state index in [9.17, 15) is 10.2 Å². The molecule has 3 atom stereocenters. The molecule has 1 aromatic carbocycles. The molecule has 5 heteroatoms. The lowest BCUT2D eigenvalue weighted by Gasteiger charge is -2.23. The van der Waals surface area contributed by atoms with Gasteiger partial charge in [-0.1, -0.05) is 24.3 Å². The van der Waals surface area contributed by atoms with Gasteiger partial charge in [-0.2, -0.15) is 5.10 Å². The predicted molar refractivity (Wildman–Crippen MR) is 84.4 cm³/mol. The standard InChI is InChI=1S/C17H23N3O2/c1-12-5-3-4-6-14(12)15-10-20(16(11-21)17(15)22)9-13-7-8-19(2)18-13/h3-8,15-17,21-22H,9-11H2,1-2H3/t15-,16-,17-/m1/s1. The third kappa shape index (κ3) is 2.79. The van der Waals surface area contributed by atoms with Crippen LogP contribution in [0.1, 0.15) is 22.7 Å². The quantitative estimate of drug-likeness (QED) is 0.886. The largest absolute Gasteiger partial charge is 0.395 e. The van der Waals surface area contributed by atoms with Crippen molar-refractivity contribution in [1.82, 2.24) is 14.7 Å². The fraction of sp³-hybridized carbons (Fsp3) is 0.471. The molecule has 1 fully saturated rings. The number of aliphatic hydroxyl groups excluding tert-OH is 2. The van der Waals surface area contributed by atoms with Gasteiger partial charge >= 0.3 is 0 Å². The van der Waals surface area contributed by atoms with Gasteiger partial charge in [0.1, 0.15) is 0 Å². The second-order valence-corrected chi connectivity index (χ2v) is 6.11. The average Bonchev–Trinajstić information content (AvgIpc) is 3.04. The number of aromatic nitrogens is 2. The molecule has 5 nitrogen and oxygen atoms in total. The molecule has 1 aliphatic rings. The Morgan fingerprint density at radius 2 is 2.05 bits per heavy atom. The third-order valence-corrected chi connectivity index (χ3v) is 4.62. The zero-order valence-electron chi connectivity index (χ0n) is 13.1. The Balaban J connectivity index is 1.82. The van der Waals surface area contributed by atoms with Gasteiger partial charge in [0.2, 0.25) is 0 Å². The Morgan fingerprint density at radius 3 is 2.68 bits per heavy atom. The van der Waals surface area contributed by atoms with Crippen molar-refractivity contribution in [2.75, 3.05) is 13.2 Å². The first-order valence-corrected chi connectivity index (χ1v) is 7.67. The van der Waals surface area contributed by atoms with E-state index in [0.717, 1.165) is 17.8 Å². The number of rotatable bonds is 4. The molecule has 0 saturated carbocycles. The molecule has 3 rings (SSSR count). The Labute approximate surface area is 130 Å². The molecule has 2 heterocycles. The van der Waals surface area contributed by atoms with Crippen LogP contribution in [0, 0.1) is 6.92 Å². The van der Waals surface area contributed by atoms with E-state index in [1.165, 1.54) is 5.56 Å². The Hall–Kier alpha value is -1.69. The van der Waals surface area contributed by atoms with Gasteiger partial charge in [-0.25, -0.2) is 0 Å². The number of likely N-dealkylation sites (tertiary alicyclic amines) is 1. The SMILES string of the molecule is Cc1ccccc1[C@H]1CN(Cc2ccn(C)n2)[C@H](CO)[C@@H]1O. The van der Waals surface area contributed by atoms with Gasteiger partial charge < -0.3 is 10.2 Å². The second kappa shape index (κ2) is 6.20. The molecule has 1 aliphatic heterocycles. The van der Waals surface area contributed by atoms with Crippen LogP contribution in [-0.2, 0) is 13.6 Å². The van der Waals surface area contributed by atoms with Crippen molar-refractivity contribution in [3.8, 4) is 0 Å². The Morgan fingerprint density at radius 1 is 1.27 bits per heavy atom. The number of hydrogen-bond acceptors (Lipinski definition) is 4. The van der Waals surface area contributed by atoms with Crippen molar-refractivity contribution in [2.45, 2.75) is 31.5 Å². The monoisotopic (exact) mass is 301 g/mol. The summed E-state index contributed by atoms with van der Waals surface area (Å²) in [5.74, 6) is 0.0297. The zero-order valence-corrected chi connectivity index (χ0v) is 13.1. The minimum Gasteiger partial charge on any atom is -0.395 e. The van der Waals surface area contributed by atoms with E-state index in [1.54, 1.807) is 4.68 Å². The second-order valence-electron chi connectivity index (χ2n) is 6.11. The molecule has 0 spiro atoms. The maximum atomic E-state index is 10.7.